The third kappa shape index (κ3) is 2.46. The van der Waals surface area contributed by atoms with Crippen molar-refractivity contribution >= 4 is 24.8 Å². The Hall–Kier alpha value is -0.510. The Morgan fingerprint density at radius 2 is 2.08 bits per heavy atom. The molecule has 0 aliphatic carbocycles. The maximum atomic E-state index is 11.2. The lowest BCUT2D eigenvalue weighted by Gasteiger charge is -2.14. The van der Waals surface area contributed by atoms with E-state index in [-0.39, 0.29) is 30.4 Å². The van der Waals surface area contributed by atoms with E-state index >= 15 is 0 Å². The first-order valence-electron chi connectivity index (χ1n) is 3.78. The molecule has 13 heavy (non-hydrogen) atoms. The maximum Gasteiger partial charge on any atom is 0.252 e. The van der Waals surface area contributed by atoms with E-state index in [1.165, 1.54) is 5.56 Å². The zero-order chi connectivity index (χ0) is 7.68. The third-order valence-electron chi connectivity index (χ3n) is 2.03. The van der Waals surface area contributed by atoms with Crippen molar-refractivity contribution in [2.24, 2.45) is 0 Å². The van der Waals surface area contributed by atoms with Crippen LogP contribution in [0.3, 0.4) is 0 Å². The Morgan fingerprint density at radius 1 is 1.31 bits per heavy atom. The van der Waals surface area contributed by atoms with Crippen molar-refractivity contribution in [2.45, 2.75) is 13.0 Å². The topological polar surface area (TPSA) is 44.9 Å². The van der Waals surface area contributed by atoms with Gasteiger partial charge in [-0.25, -0.2) is 0 Å². The number of pyridine rings is 1. The summed E-state index contributed by atoms with van der Waals surface area (Å²) < 4.78 is 0. The van der Waals surface area contributed by atoms with Gasteiger partial charge in [0.25, 0.3) is 5.56 Å². The van der Waals surface area contributed by atoms with Crippen LogP contribution in [-0.2, 0) is 13.0 Å². The normalized spacial score (nSPS) is 13.5. The van der Waals surface area contributed by atoms with Crippen molar-refractivity contribution in [2.75, 3.05) is 6.54 Å². The van der Waals surface area contributed by atoms with Crippen molar-refractivity contribution in [1.82, 2.24) is 10.3 Å². The maximum absolute atomic E-state index is 11.2. The molecule has 2 heterocycles. The molecule has 1 aromatic heterocycles. The summed E-state index contributed by atoms with van der Waals surface area (Å²) in [5.41, 5.74) is 2.14. The van der Waals surface area contributed by atoms with Crippen molar-refractivity contribution in [3.05, 3.63) is 33.7 Å². The molecule has 0 saturated heterocycles. The molecule has 5 heteroatoms. The minimum atomic E-state index is 0. The van der Waals surface area contributed by atoms with Gasteiger partial charge in [-0.3, -0.25) is 4.79 Å². The molecule has 0 atom stereocenters. The molecule has 0 fully saturated rings. The first kappa shape index (κ1) is 12.5. The number of H-pyrrole nitrogens is 1. The molecule has 3 nitrogen and oxygen atoms in total. The summed E-state index contributed by atoms with van der Waals surface area (Å²) in [4.78, 5) is 13.8. The number of halogens is 2. The number of fused-ring (bicyclic) bond motifs is 1. The summed E-state index contributed by atoms with van der Waals surface area (Å²) in [6.07, 6.45) is 2.69. The molecule has 2 rings (SSSR count). The van der Waals surface area contributed by atoms with E-state index in [9.17, 15) is 4.79 Å². The molecule has 74 valence electrons. The summed E-state index contributed by atoms with van der Waals surface area (Å²) in [6.45, 7) is 1.70. The highest BCUT2D eigenvalue weighted by molar-refractivity contribution is 5.85. The highest BCUT2D eigenvalue weighted by atomic mass is 35.5. The molecule has 0 bridgehead atoms. The average molecular weight is 223 g/mol. The van der Waals surface area contributed by atoms with E-state index in [4.69, 9.17) is 0 Å². The van der Waals surface area contributed by atoms with Gasteiger partial charge in [0.05, 0.1) is 0 Å². The largest absolute Gasteiger partial charge is 0.329 e. The highest BCUT2D eigenvalue weighted by Crippen LogP contribution is 2.06. The second-order valence-corrected chi connectivity index (χ2v) is 2.74. The van der Waals surface area contributed by atoms with Crippen LogP contribution in [-0.4, -0.2) is 11.5 Å². The fourth-order valence-electron chi connectivity index (χ4n) is 1.42. The Bertz CT molecular complexity index is 324. The second kappa shape index (κ2) is 5.27. The Morgan fingerprint density at radius 3 is 2.77 bits per heavy atom. The molecule has 0 amide bonds. The molecule has 0 unspecified atom stereocenters. The fourth-order valence-corrected chi connectivity index (χ4v) is 1.42. The third-order valence-corrected chi connectivity index (χ3v) is 2.03. The number of hydrogen-bond acceptors (Lipinski definition) is 2. The molecule has 1 aliphatic rings. The van der Waals surface area contributed by atoms with Gasteiger partial charge in [-0.1, -0.05) is 0 Å². The van der Waals surface area contributed by atoms with Gasteiger partial charge >= 0.3 is 0 Å². The number of aromatic amines is 1. The van der Waals surface area contributed by atoms with E-state index in [1.807, 2.05) is 6.07 Å². The van der Waals surface area contributed by atoms with Gasteiger partial charge in [0.15, 0.2) is 0 Å². The van der Waals surface area contributed by atoms with Gasteiger partial charge in [-0.2, -0.15) is 0 Å². The van der Waals surface area contributed by atoms with Crippen molar-refractivity contribution in [3.63, 3.8) is 0 Å². The van der Waals surface area contributed by atoms with E-state index in [1.54, 1.807) is 6.20 Å². The quantitative estimate of drug-likeness (QED) is 0.685. The molecule has 1 aromatic rings. The molecule has 0 saturated carbocycles. The van der Waals surface area contributed by atoms with Crippen molar-refractivity contribution in [3.8, 4) is 0 Å². The van der Waals surface area contributed by atoms with Gasteiger partial charge in [0, 0.05) is 18.3 Å². The first-order valence-corrected chi connectivity index (χ1v) is 3.78. The summed E-state index contributed by atoms with van der Waals surface area (Å²) in [7, 11) is 0. The van der Waals surface area contributed by atoms with Crippen LogP contribution >= 0.6 is 24.8 Å². The van der Waals surface area contributed by atoms with Gasteiger partial charge < -0.3 is 10.3 Å². The Kier molecular flexibility index (Phi) is 5.06. The second-order valence-electron chi connectivity index (χ2n) is 2.74. The van der Waals surface area contributed by atoms with E-state index in [0.29, 0.717) is 6.54 Å². The molecule has 0 spiro atoms. The SMILES string of the molecule is Cl.Cl.O=c1[nH]ccc2c1CNCC2. The van der Waals surface area contributed by atoms with Gasteiger partial charge in [-0.15, -0.1) is 24.8 Å². The van der Waals surface area contributed by atoms with Gasteiger partial charge in [0.1, 0.15) is 0 Å². The molecular weight excluding hydrogens is 211 g/mol. The Balaban J connectivity index is 0.000000720. The monoisotopic (exact) mass is 222 g/mol. The summed E-state index contributed by atoms with van der Waals surface area (Å²) in [5.74, 6) is 0. The highest BCUT2D eigenvalue weighted by Gasteiger charge is 2.09. The summed E-state index contributed by atoms with van der Waals surface area (Å²) in [5, 5.41) is 3.16. The minimum absolute atomic E-state index is 0. The lowest BCUT2D eigenvalue weighted by atomic mass is 10.0. The summed E-state index contributed by atoms with van der Waals surface area (Å²) >= 11 is 0. The van der Waals surface area contributed by atoms with Crippen LogP contribution in [0.5, 0.6) is 0 Å². The molecule has 0 radical (unpaired) electrons. The smallest absolute Gasteiger partial charge is 0.252 e. The van der Waals surface area contributed by atoms with Gasteiger partial charge in [0.2, 0.25) is 0 Å². The van der Waals surface area contributed by atoms with Gasteiger partial charge in [-0.05, 0) is 24.6 Å². The van der Waals surface area contributed by atoms with E-state index in [0.717, 1.165) is 18.5 Å². The van der Waals surface area contributed by atoms with Crippen molar-refractivity contribution in [1.29, 1.82) is 0 Å². The minimum Gasteiger partial charge on any atom is -0.329 e. The first-order chi connectivity index (χ1) is 5.38. The molecule has 0 aromatic carbocycles. The Labute approximate surface area is 88.8 Å². The predicted molar refractivity (Wildman–Crippen MR) is 57.0 cm³/mol. The molecule has 1 aliphatic heterocycles. The summed E-state index contributed by atoms with van der Waals surface area (Å²) in [6, 6.07) is 1.98. The van der Waals surface area contributed by atoms with Crippen LogP contribution in [0.25, 0.3) is 0 Å². The molecule has 2 N–H and O–H groups in total. The van der Waals surface area contributed by atoms with Crippen molar-refractivity contribution < 1.29 is 0 Å². The number of rotatable bonds is 0. The zero-order valence-electron chi connectivity index (χ0n) is 7.00. The lowest BCUT2D eigenvalue weighted by Crippen LogP contribution is -2.29. The lowest BCUT2D eigenvalue weighted by molar-refractivity contribution is 0.636. The van der Waals surface area contributed by atoms with Crippen LogP contribution in [0, 0.1) is 0 Å². The average Bonchev–Trinajstić information content (AvgIpc) is 2.06. The van der Waals surface area contributed by atoms with E-state index < -0.39 is 0 Å². The zero-order valence-corrected chi connectivity index (χ0v) is 8.63. The number of aromatic nitrogens is 1. The van der Waals surface area contributed by atoms with E-state index in [2.05, 4.69) is 10.3 Å². The van der Waals surface area contributed by atoms with Crippen LogP contribution in [0.1, 0.15) is 11.1 Å². The molecular formula is C8H12Cl2N2O. The number of nitrogens with one attached hydrogen (secondary N) is 2. The standard InChI is InChI=1S/C8H10N2O.2ClH/c11-8-7-5-9-3-1-6(7)2-4-10-8;;/h2,4,9H,1,3,5H2,(H,10,11);2*1H. The van der Waals surface area contributed by atoms with Crippen LogP contribution in [0.2, 0.25) is 0 Å². The predicted octanol–water partition coefficient (Wildman–Crippen LogP) is 0.864. The van der Waals surface area contributed by atoms with Crippen LogP contribution < -0.4 is 10.9 Å². The number of hydrogen-bond donors (Lipinski definition) is 2. The van der Waals surface area contributed by atoms with Crippen LogP contribution in [0.4, 0.5) is 0 Å². The fraction of sp³-hybridized carbons (Fsp3) is 0.375. The van der Waals surface area contributed by atoms with Crippen LogP contribution in [0.15, 0.2) is 17.1 Å².